The van der Waals surface area contributed by atoms with Crippen molar-refractivity contribution >= 4 is 33.3 Å². The standard InChI is InChI=1S/C19H24ClN3O5S/c1-23(2)11-4-10-21-18(24)19(25)22-13-17(16-5-3-12-28-16)29(26,27)15-8-6-14(20)7-9-15/h3,5-9,12,17H,4,10-11,13H2,1-2H3,(H,21,24)(H,22,25)/t17-/m1/s1. The van der Waals surface area contributed by atoms with Crippen molar-refractivity contribution in [2.24, 2.45) is 0 Å². The minimum absolute atomic E-state index is 0.0330. The van der Waals surface area contributed by atoms with Gasteiger partial charge in [-0.3, -0.25) is 9.59 Å². The van der Waals surface area contributed by atoms with Gasteiger partial charge in [0.1, 0.15) is 11.0 Å². The lowest BCUT2D eigenvalue weighted by Gasteiger charge is -2.17. The highest BCUT2D eigenvalue weighted by molar-refractivity contribution is 7.91. The number of carbonyl (C=O) groups excluding carboxylic acids is 2. The summed E-state index contributed by atoms with van der Waals surface area (Å²) < 4.78 is 31.3. The van der Waals surface area contributed by atoms with Crippen molar-refractivity contribution in [3.05, 3.63) is 53.4 Å². The van der Waals surface area contributed by atoms with Crippen LogP contribution in [0.3, 0.4) is 0 Å². The molecule has 10 heteroatoms. The van der Waals surface area contributed by atoms with Gasteiger partial charge in [-0.2, -0.15) is 0 Å². The third kappa shape index (κ3) is 6.59. The van der Waals surface area contributed by atoms with Crippen molar-refractivity contribution < 1.29 is 22.4 Å². The first-order chi connectivity index (χ1) is 13.7. The van der Waals surface area contributed by atoms with Crippen LogP contribution in [0, 0.1) is 0 Å². The summed E-state index contributed by atoms with van der Waals surface area (Å²) in [6, 6.07) is 8.76. The van der Waals surface area contributed by atoms with Gasteiger partial charge >= 0.3 is 11.8 Å². The SMILES string of the molecule is CN(C)CCCNC(=O)C(=O)NC[C@H](c1ccco1)S(=O)(=O)c1ccc(Cl)cc1. The topological polar surface area (TPSA) is 109 Å². The van der Waals surface area contributed by atoms with Gasteiger partial charge in [-0.1, -0.05) is 11.6 Å². The van der Waals surface area contributed by atoms with Crippen molar-refractivity contribution in [1.82, 2.24) is 15.5 Å². The largest absolute Gasteiger partial charge is 0.468 e. The second kappa shape index (κ2) is 10.4. The molecule has 0 aliphatic carbocycles. The molecule has 0 saturated heterocycles. The molecule has 0 fully saturated rings. The third-order valence-electron chi connectivity index (χ3n) is 4.10. The molecule has 1 atom stereocenters. The number of hydrogen-bond donors (Lipinski definition) is 2. The van der Waals surface area contributed by atoms with Crippen molar-refractivity contribution in [3.63, 3.8) is 0 Å². The maximum Gasteiger partial charge on any atom is 0.309 e. The van der Waals surface area contributed by atoms with Crippen LogP contribution in [-0.2, 0) is 19.4 Å². The Hall–Kier alpha value is -2.36. The van der Waals surface area contributed by atoms with Crippen molar-refractivity contribution in [3.8, 4) is 0 Å². The van der Waals surface area contributed by atoms with E-state index in [1.54, 1.807) is 6.07 Å². The zero-order chi connectivity index (χ0) is 21.4. The number of furan rings is 1. The average Bonchev–Trinajstić information content (AvgIpc) is 3.19. The first kappa shape index (κ1) is 22.9. The maximum atomic E-state index is 13.0. The monoisotopic (exact) mass is 441 g/mol. The second-order valence-electron chi connectivity index (χ2n) is 6.63. The van der Waals surface area contributed by atoms with Crippen LogP contribution < -0.4 is 10.6 Å². The fourth-order valence-electron chi connectivity index (χ4n) is 2.57. The Labute approximate surface area is 175 Å². The fraction of sp³-hybridized carbons (Fsp3) is 0.368. The van der Waals surface area contributed by atoms with Crippen molar-refractivity contribution in [2.45, 2.75) is 16.6 Å². The molecule has 0 saturated carbocycles. The van der Waals surface area contributed by atoms with E-state index >= 15 is 0 Å². The summed E-state index contributed by atoms with van der Waals surface area (Å²) in [5, 5.41) is 4.10. The Kier molecular flexibility index (Phi) is 8.24. The average molecular weight is 442 g/mol. The summed E-state index contributed by atoms with van der Waals surface area (Å²) in [7, 11) is -0.0826. The van der Waals surface area contributed by atoms with E-state index in [4.69, 9.17) is 16.0 Å². The van der Waals surface area contributed by atoms with Gasteiger partial charge in [-0.05, 0) is 63.5 Å². The van der Waals surface area contributed by atoms with E-state index in [0.29, 0.717) is 18.0 Å². The first-order valence-electron chi connectivity index (χ1n) is 8.95. The van der Waals surface area contributed by atoms with E-state index in [1.807, 2.05) is 19.0 Å². The lowest BCUT2D eigenvalue weighted by atomic mass is 10.3. The number of nitrogens with zero attached hydrogens (tertiary/aromatic N) is 1. The summed E-state index contributed by atoms with van der Waals surface area (Å²) in [6.07, 6.45) is 2.03. The second-order valence-corrected chi connectivity index (χ2v) is 9.19. The molecular formula is C19H24ClN3O5S. The van der Waals surface area contributed by atoms with E-state index in [9.17, 15) is 18.0 Å². The number of nitrogens with one attached hydrogen (secondary N) is 2. The summed E-state index contributed by atoms with van der Waals surface area (Å²) in [5.74, 6) is -1.56. The van der Waals surface area contributed by atoms with Crippen molar-refractivity contribution in [2.75, 3.05) is 33.7 Å². The molecule has 0 unspecified atom stereocenters. The molecule has 8 nitrogen and oxygen atoms in total. The smallest absolute Gasteiger partial charge is 0.309 e. The first-order valence-corrected chi connectivity index (χ1v) is 10.9. The molecule has 0 radical (unpaired) electrons. The van der Waals surface area contributed by atoms with E-state index in [2.05, 4.69) is 10.6 Å². The highest BCUT2D eigenvalue weighted by Gasteiger charge is 2.32. The lowest BCUT2D eigenvalue weighted by Crippen LogP contribution is -2.42. The fourth-order valence-corrected chi connectivity index (χ4v) is 4.28. The Morgan fingerprint density at radius 2 is 1.76 bits per heavy atom. The molecule has 158 valence electrons. The normalized spacial score (nSPS) is 12.6. The molecule has 2 rings (SSSR count). The van der Waals surface area contributed by atoms with Crippen molar-refractivity contribution in [1.29, 1.82) is 0 Å². The highest BCUT2D eigenvalue weighted by Crippen LogP contribution is 2.29. The highest BCUT2D eigenvalue weighted by atomic mass is 35.5. The molecule has 2 N–H and O–H groups in total. The van der Waals surface area contributed by atoms with E-state index in [-0.39, 0.29) is 17.2 Å². The number of halogens is 1. The predicted octanol–water partition coefficient (Wildman–Crippen LogP) is 1.63. The molecule has 1 aromatic heterocycles. The summed E-state index contributed by atoms with van der Waals surface area (Å²) >= 11 is 5.83. The van der Waals surface area contributed by atoms with Gasteiger partial charge < -0.3 is 20.0 Å². The van der Waals surface area contributed by atoms with Crippen LogP contribution in [0.4, 0.5) is 0 Å². The Balaban J connectivity index is 2.05. The number of amides is 2. The molecule has 2 aromatic rings. The van der Waals surface area contributed by atoms with Gasteiger partial charge in [0.15, 0.2) is 9.84 Å². The van der Waals surface area contributed by atoms with Crippen LogP contribution in [-0.4, -0.2) is 58.9 Å². The van der Waals surface area contributed by atoms with E-state index in [0.717, 1.165) is 6.54 Å². The minimum Gasteiger partial charge on any atom is -0.468 e. The Bertz CT molecular complexity index is 912. The van der Waals surface area contributed by atoms with Gasteiger partial charge in [0, 0.05) is 18.1 Å². The molecule has 1 aromatic carbocycles. The lowest BCUT2D eigenvalue weighted by molar-refractivity contribution is -0.139. The number of sulfone groups is 1. The van der Waals surface area contributed by atoms with Gasteiger partial charge in [0.2, 0.25) is 0 Å². The van der Waals surface area contributed by atoms with Gasteiger partial charge in [0.25, 0.3) is 0 Å². The predicted molar refractivity (Wildman–Crippen MR) is 109 cm³/mol. The number of rotatable bonds is 9. The van der Waals surface area contributed by atoms with Crippen LogP contribution in [0.15, 0.2) is 52.0 Å². The van der Waals surface area contributed by atoms with Crippen LogP contribution in [0.5, 0.6) is 0 Å². The van der Waals surface area contributed by atoms with Crippen LogP contribution in [0.1, 0.15) is 17.4 Å². The zero-order valence-corrected chi connectivity index (χ0v) is 17.8. The quantitative estimate of drug-likeness (QED) is 0.452. The molecule has 0 aliphatic rings. The van der Waals surface area contributed by atoms with E-state index < -0.39 is 26.9 Å². The van der Waals surface area contributed by atoms with Gasteiger partial charge in [-0.15, -0.1) is 0 Å². The van der Waals surface area contributed by atoms with Crippen LogP contribution >= 0.6 is 11.6 Å². The number of benzene rings is 1. The summed E-state index contributed by atoms with van der Waals surface area (Å²) in [5.41, 5.74) is 0. The number of carbonyl (C=O) groups is 2. The zero-order valence-electron chi connectivity index (χ0n) is 16.2. The van der Waals surface area contributed by atoms with Gasteiger partial charge in [0.05, 0.1) is 11.2 Å². The van der Waals surface area contributed by atoms with Gasteiger partial charge in [-0.25, -0.2) is 8.42 Å². The molecule has 2 amide bonds. The third-order valence-corrected chi connectivity index (χ3v) is 6.43. The van der Waals surface area contributed by atoms with Crippen LogP contribution in [0.2, 0.25) is 5.02 Å². The minimum atomic E-state index is -3.90. The molecule has 1 heterocycles. The maximum absolute atomic E-state index is 13.0. The Morgan fingerprint density at radius 1 is 1.10 bits per heavy atom. The molecule has 0 spiro atoms. The molecule has 0 bridgehead atoms. The summed E-state index contributed by atoms with van der Waals surface area (Å²) in [4.78, 5) is 26.0. The summed E-state index contributed by atoms with van der Waals surface area (Å²) in [6.45, 7) is 0.791. The molecule has 29 heavy (non-hydrogen) atoms. The number of hydrogen-bond acceptors (Lipinski definition) is 6. The van der Waals surface area contributed by atoms with Crippen LogP contribution in [0.25, 0.3) is 0 Å². The van der Waals surface area contributed by atoms with E-state index in [1.165, 1.54) is 36.6 Å². The molecule has 0 aliphatic heterocycles. The molecular weight excluding hydrogens is 418 g/mol. The Morgan fingerprint density at radius 3 is 2.34 bits per heavy atom.